The molecule has 2 aliphatic carbocycles. The van der Waals surface area contributed by atoms with Gasteiger partial charge in [0.05, 0.1) is 16.9 Å². The van der Waals surface area contributed by atoms with Gasteiger partial charge in [-0.3, -0.25) is 0 Å². The van der Waals surface area contributed by atoms with Crippen LogP contribution < -0.4 is 26.2 Å². The first kappa shape index (κ1) is 44.3. The van der Waals surface area contributed by atoms with Crippen LogP contribution in [0.3, 0.4) is 0 Å². The second-order valence-electron chi connectivity index (χ2n) is 26.5. The van der Waals surface area contributed by atoms with E-state index in [1.807, 2.05) is 0 Å². The molecule has 1 fully saturated rings. The lowest BCUT2D eigenvalue weighted by Crippen LogP contribution is -2.61. The van der Waals surface area contributed by atoms with Gasteiger partial charge in [0, 0.05) is 66.5 Å². The third kappa shape index (κ3) is 5.55. The lowest BCUT2D eigenvalue weighted by molar-refractivity contribution is 0.195. The highest BCUT2D eigenvalue weighted by molar-refractivity contribution is 7.00. The number of benzene rings is 7. The standard InChI is InChI=1S/C67H68BN3O/c1-62(2,3)39-28-30-51-48(34-39)66(12)31-18-19-32-67(66,13)71(51)42-37-54-58-55(38-42)70-59-46(57-60(70)45-22-14-16-24-47(45)65(57,10)11)33-41(64(7,8)9)35-50(59)68(58)49-29-27-40(63(4,5)6)36-53(49)69(54)52-25-20-23-44-43-21-15-17-26-56(43)72-61(44)52/h14-17,20-30,33-38H,18-19,31-32H2,1-13H3. The summed E-state index contributed by atoms with van der Waals surface area (Å²) in [4.78, 5) is 5.46. The summed E-state index contributed by atoms with van der Waals surface area (Å²) in [6.07, 6.45) is 4.76. The van der Waals surface area contributed by atoms with E-state index in [9.17, 15) is 0 Å². The normalized spacial score (nSPS) is 20.5. The molecule has 1 saturated carbocycles. The fraction of sp³-hybridized carbons (Fsp3) is 0.343. The molecule has 5 heteroatoms. The molecule has 0 bridgehead atoms. The maximum Gasteiger partial charge on any atom is 0.252 e. The minimum absolute atomic E-state index is 0.0133. The van der Waals surface area contributed by atoms with Crippen LogP contribution in [0, 0.1) is 0 Å². The van der Waals surface area contributed by atoms with Crippen molar-refractivity contribution in [3.05, 3.63) is 161 Å². The van der Waals surface area contributed by atoms with Crippen molar-refractivity contribution in [2.45, 2.75) is 148 Å². The number of aromatic nitrogens is 1. The zero-order chi connectivity index (χ0) is 50.0. The Morgan fingerprint density at radius 3 is 1.99 bits per heavy atom. The first-order valence-corrected chi connectivity index (χ1v) is 26.9. The molecule has 0 radical (unpaired) electrons. The molecule has 0 N–H and O–H groups in total. The molecular weight excluding hydrogens is 874 g/mol. The molecular formula is C67H68BN3O. The number of anilines is 5. The van der Waals surface area contributed by atoms with E-state index < -0.39 is 0 Å². The van der Waals surface area contributed by atoms with Crippen LogP contribution in [0.5, 0.6) is 0 Å². The molecule has 2 atom stereocenters. The Balaban J connectivity index is 1.18. The van der Waals surface area contributed by atoms with E-state index in [1.165, 1.54) is 120 Å². The van der Waals surface area contributed by atoms with Crippen molar-refractivity contribution in [2.75, 3.05) is 9.80 Å². The van der Waals surface area contributed by atoms with Gasteiger partial charge in [-0.2, -0.15) is 0 Å². The van der Waals surface area contributed by atoms with Crippen molar-refractivity contribution >= 4 is 84.4 Å². The Morgan fingerprint density at radius 1 is 0.528 bits per heavy atom. The van der Waals surface area contributed by atoms with Crippen LogP contribution in [-0.2, 0) is 27.1 Å². The summed E-state index contributed by atoms with van der Waals surface area (Å²) in [7, 11) is 0. The van der Waals surface area contributed by atoms with Crippen molar-refractivity contribution in [2.24, 2.45) is 0 Å². The Labute approximate surface area is 427 Å². The van der Waals surface area contributed by atoms with Crippen molar-refractivity contribution in [3.8, 4) is 16.9 Å². The molecule has 0 spiro atoms. The summed E-state index contributed by atoms with van der Waals surface area (Å²) in [5.74, 6) is 0. The van der Waals surface area contributed by atoms with Crippen molar-refractivity contribution in [3.63, 3.8) is 0 Å². The van der Waals surface area contributed by atoms with E-state index in [0.717, 1.165) is 34.0 Å². The van der Waals surface area contributed by atoms with E-state index in [1.54, 1.807) is 0 Å². The first-order valence-electron chi connectivity index (χ1n) is 26.9. The van der Waals surface area contributed by atoms with E-state index in [-0.39, 0.29) is 39.3 Å². The molecule has 9 aromatic rings. The van der Waals surface area contributed by atoms with Crippen LogP contribution in [0.25, 0.3) is 49.8 Å². The molecule has 5 aliphatic rings. The quantitative estimate of drug-likeness (QED) is 0.161. The predicted molar refractivity (Wildman–Crippen MR) is 306 cm³/mol. The van der Waals surface area contributed by atoms with Crippen LogP contribution in [0.2, 0.25) is 0 Å². The number of hydrogen-bond acceptors (Lipinski definition) is 3. The Kier molecular flexibility index (Phi) is 8.59. The fourth-order valence-corrected chi connectivity index (χ4v) is 14.8. The van der Waals surface area contributed by atoms with Crippen LogP contribution >= 0.6 is 0 Å². The summed E-state index contributed by atoms with van der Waals surface area (Å²) >= 11 is 0. The van der Waals surface area contributed by atoms with Gasteiger partial charge in [-0.05, 0) is 128 Å². The first-order chi connectivity index (χ1) is 34.1. The van der Waals surface area contributed by atoms with Crippen molar-refractivity contribution in [1.29, 1.82) is 0 Å². The number of para-hydroxylation sites is 2. The molecule has 0 saturated heterocycles. The van der Waals surface area contributed by atoms with Gasteiger partial charge in [-0.1, -0.05) is 181 Å². The zero-order valence-electron chi connectivity index (χ0n) is 44.8. The summed E-state index contributed by atoms with van der Waals surface area (Å²) in [6.45, 7) is 31.5. The van der Waals surface area contributed by atoms with Crippen molar-refractivity contribution in [1.82, 2.24) is 4.57 Å². The number of hydrogen-bond donors (Lipinski definition) is 0. The van der Waals surface area contributed by atoms with Gasteiger partial charge in [0.1, 0.15) is 5.58 Å². The van der Waals surface area contributed by atoms with Gasteiger partial charge in [0.2, 0.25) is 0 Å². The van der Waals surface area contributed by atoms with Crippen LogP contribution in [-0.4, -0.2) is 16.8 Å². The van der Waals surface area contributed by atoms with E-state index in [0.29, 0.717) is 0 Å². The number of furan rings is 1. The van der Waals surface area contributed by atoms with Crippen LogP contribution in [0.4, 0.5) is 28.4 Å². The fourth-order valence-electron chi connectivity index (χ4n) is 14.8. The molecule has 72 heavy (non-hydrogen) atoms. The SMILES string of the molecule is CC(C)(C)c1ccc2c(c1)N(c1cccc3c1oc1ccccc13)c1cc(N3c4ccc(C(C)(C)C)cc4C4(C)CCCCC34C)cc3c1B2c1cc(C(C)(C)C)cc2c4c(n-3c12)-c1ccccc1C4(C)C. The molecule has 2 aromatic heterocycles. The lowest BCUT2D eigenvalue weighted by Gasteiger charge is -2.51. The zero-order valence-corrected chi connectivity index (χ0v) is 44.8. The number of rotatable bonds is 2. The molecule has 3 aliphatic heterocycles. The summed E-state index contributed by atoms with van der Waals surface area (Å²) in [5, 5.41) is 3.68. The van der Waals surface area contributed by atoms with Gasteiger partial charge in [-0.25, -0.2) is 0 Å². The van der Waals surface area contributed by atoms with E-state index in [2.05, 4.69) is 232 Å². The molecule has 360 valence electrons. The Hall–Kier alpha value is -6.46. The maximum absolute atomic E-state index is 7.09. The highest BCUT2D eigenvalue weighted by Gasteiger charge is 2.58. The van der Waals surface area contributed by atoms with Crippen LogP contribution in [0.15, 0.2) is 132 Å². The van der Waals surface area contributed by atoms with Crippen molar-refractivity contribution < 1.29 is 4.42 Å². The predicted octanol–water partition coefficient (Wildman–Crippen LogP) is 16.1. The molecule has 0 amide bonds. The summed E-state index contributed by atoms with van der Waals surface area (Å²) in [6, 6.07) is 50.1. The van der Waals surface area contributed by atoms with E-state index in [4.69, 9.17) is 4.42 Å². The molecule has 4 nitrogen and oxygen atoms in total. The average Bonchev–Trinajstić information content (AvgIpc) is 4.02. The highest BCUT2D eigenvalue weighted by atomic mass is 16.3. The largest absolute Gasteiger partial charge is 0.454 e. The second-order valence-corrected chi connectivity index (χ2v) is 26.5. The Morgan fingerprint density at radius 2 is 1.21 bits per heavy atom. The van der Waals surface area contributed by atoms with Gasteiger partial charge < -0.3 is 18.8 Å². The number of nitrogens with zero attached hydrogens (tertiary/aromatic N) is 3. The maximum atomic E-state index is 7.09. The summed E-state index contributed by atoms with van der Waals surface area (Å²) in [5.41, 5.74) is 25.4. The average molecular weight is 942 g/mol. The minimum atomic E-state index is -0.206. The van der Waals surface area contributed by atoms with Gasteiger partial charge in [0.15, 0.2) is 5.58 Å². The third-order valence-corrected chi connectivity index (χ3v) is 18.9. The molecule has 14 rings (SSSR count). The van der Waals surface area contributed by atoms with E-state index >= 15 is 0 Å². The highest BCUT2D eigenvalue weighted by Crippen LogP contribution is 2.63. The molecule has 5 heterocycles. The molecule has 2 unspecified atom stereocenters. The minimum Gasteiger partial charge on any atom is -0.454 e. The van der Waals surface area contributed by atoms with Gasteiger partial charge in [0.25, 0.3) is 6.71 Å². The smallest absolute Gasteiger partial charge is 0.252 e. The Bertz CT molecular complexity index is 3860. The van der Waals surface area contributed by atoms with Crippen LogP contribution in [0.1, 0.15) is 149 Å². The van der Waals surface area contributed by atoms with Gasteiger partial charge >= 0.3 is 0 Å². The third-order valence-electron chi connectivity index (χ3n) is 18.9. The topological polar surface area (TPSA) is 24.6 Å². The number of fused-ring (bicyclic) bond motifs is 15. The molecule has 7 aromatic carbocycles. The second kappa shape index (κ2) is 14.0. The monoisotopic (exact) mass is 942 g/mol. The van der Waals surface area contributed by atoms with Gasteiger partial charge in [-0.15, -0.1) is 0 Å². The summed E-state index contributed by atoms with van der Waals surface area (Å²) < 4.78 is 9.84. The lowest BCUT2D eigenvalue weighted by atomic mass is 9.33.